The van der Waals surface area contributed by atoms with E-state index in [-0.39, 0.29) is 5.69 Å². The van der Waals surface area contributed by atoms with Gasteiger partial charge in [0.15, 0.2) is 0 Å². The third kappa shape index (κ3) is 3.35. The number of anilines is 2. The summed E-state index contributed by atoms with van der Waals surface area (Å²) in [4.78, 5) is 10.8. The molecule has 0 aliphatic carbocycles. The van der Waals surface area contributed by atoms with E-state index in [1.807, 2.05) is 54.6 Å². The zero-order valence-corrected chi connectivity index (χ0v) is 13.1. The molecule has 0 amide bonds. The predicted octanol–water partition coefficient (Wildman–Crippen LogP) is 5.01. The van der Waals surface area contributed by atoms with Crippen LogP contribution in [0.15, 0.2) is 72.8 Å². The van der Waals surface area contributed by atoms with Gasteiger partial charge in [0, 0.05) is 17.8 Å². The van der Waals surface area contributed by atoms with Crippen molar-refractivity contribution in [2.75, 3.05) is 12.4 Å². The first-order chi connectivity index (χ1) is 11.7. The number of nitrogens with zero attached hydrogens (tertiary/aromatic N) is 1. The van der Waals surface area contributed by atoms with Crippen LogP contribution in [0.3, 0.4) is 0 Å². The predicted molar refractivity (Wildman–Crippen MR) is 94.8 cm³/mol. The van der Waals surface area contributed by atoms with Gasteiger partial charge in [-0.25, -0.2) is 0 Å². The Morgan fingerprint density at radius 3 is 2.21 bits per heavy atom. The molecule has 3 aromatic rings. The number of nitro groups is 1. The Labute approximate surface area is 139 Å². The van der Waals surface area contributed by atoms with Gasteiger partial charge in [0.2, 0.25) is 0 Å². The Hall–Kier alpha value is -3.34. The molecule has 3 aromatic carbocycles. The highest BCUT2D eigenvalue weighted by Gasteiger charge is 2.14. The van der Waals surface area contributed by atoms with Crippen molar-refractivity contribution in [2.45, 2.75) is 0 Å². The summed E-state index contributed by atoms with van der Waals surface area (Å²) in [6.45, 7) is 0. The van der Waals surface area contributed by atoms with Crippen LogP contribution in [0, 0.1) is 10.1 Å². The van der Waals surface area contributed by atoms with Gasteiger partial charge in [0.25, 0.3) is 5.69 Å². The lowest BCUT2D eigenvalue weighted by molar-refractivity contribution is -0.383. The monoisotopic (exact) mass is 320 g/mol. The second-order valence-electron chi connectivity index (χ2n) is 5.21. The van der Waals surface area contributed by atoms with Gasteiger partial charge in [-0.1, -0.05) is 42.5 Å². The van der Waals surface area contributed by atoms with Crippen molar-refractivity contribution in [1.29, 1.82) is 0 Å². The Balaban J connectivity index is 1.87. The Morgan fingerprint density at radius 1 is 0.917 bits per heavy atom. The molecular formula is C19H16N2O3. The third-order valence-corrected chi connectivity index (χ3v) is 3.67. The zero-order valence-electron chi connectivity index (χ0n) is 13.1. The van der Waals surface area contributed by atoms with Crippen LogP contribution >= 0.6 is 0 Å². The van der Waals surface area contributed by atoms with E-state index in [1.165, 1.54) is 13.2 Å². The van der Waals surface area contributed by atoms with Crippen LogP contribution in [0.5, 0.6) is 5.75 Å². The summed E-state index contributed by atoms with van der Waals surface area (Å²) in [6, 6.07) is 22.4. The molecule has 0 aliphatic rings. The Morgan fingerprint density at radius 2 is 1.58 bits per heavy atom. The van der Waals surface area contributed by atoms with Gasteiger partial charge in [-0.3, -0.25) is 10.1 Å². The molecule has 0 saturated heterocycles. The van der Waals surface area contributed by atoms with E-state index in [9.17, 15) is 10.1 Å². The number of nitrogens with one attached hydrogen (secondary N) is 1. The van der Waals surface area contributed by atoms with Crippen LogP contribution in [0.1, 0.15) is 0 Å². The molecule has 0 radical (unpaired) electrons. The average molecular weight is 320 g/mol. The molecule has 0 fully saturated rings. The molecule has 5 nitrogen and oxygen atoms in total. The molecular weight excluding hydrogens is 304 g/mol. The number of hydrogen-bond acceptors (Lipinski definition) is 4. The molecule has 120 valence electrons. The van der Waals surface area contributed by atoms with Gasteiger partial charge in [0.1, 0.15) is 11.4 Å². The molecule has 0 heterocycles. The summed E-state index contributed by atoms with van der Waals surface area (Å²) < 4.78 is 5.14. The molecule has 24 heavy (non-hydrogen) atoms. The molecule has 0 bridgehead atoms. The van der Waals surface area contributed by atoms with Gasteiger partial charge in [-0.15, -0.1) is 0 Å². The Kier molecular flexibility index (Phi) is 4.43. The first kappa shape index (κ1) is 15.6. The van der Waals surface area contributed by atoms with Crippen molar-refractivity contribution in [3.05, 3.63) is 82.9 Å². The lowest BCUT2D eigenvalue weighted by Gasteiger charge is -2.10. The second kappa shape index (κ2) is 6.83. The van der Waals surface area contributed by atoms with Crippen molar-refractivity contribution in [2.24, 2.45) is 0 Å². The van der Waals surface area contributed by atoms with Gasteiger partial charge >= 0.3 is 0 Å². The van der Waals surface area contributed by atoms with E-state index in [4.69, 9.17) is 4.74 Å². The highest BCUT2D eigenvalue weighted by molar-refractivity contribution is 5.73. The van der Waals surface area contributed by atoms with Crippen LogP contribution in [0.25, 0.3) is 11.1 Å². The summed E-state index contributed by atoms with van der Waals surface area (Å²) in [7, 11) is 1.53. The minimum absolute atomic E-state index is 0.00272. The van der Waals surface area contributed by atoms with Gasteiger partial charge in [-0.2, -0.15) is 0 Å². The summed E-state index contributed by atoms with van der Waals surface area (Å²) in [5.41, 5.74) is 3.37. The number of benzene rings is 3. The standard InChI is InChI=1S/C19H16N2O3/c1-24-17-11-12-19(21(22)23)18(13-17)20-16-9-7-15(8-10-16)14-5-3-2-4-6-14/h2-13,20H,1H3. The van der Waals surface area contributed by atoms with Crippen molar-refractivity contribution in [1.82, 2.24) is 0 Å². The van der Waals surface area contributed by atoms with Crippen molar-refractivity contribution in [3.63, 3.8) is 0 Å². The number of nitro benzene ring substituents is 1. The normalized spacial score (nSPS) is 10.2. The molecule has 0 spiro atoms. The first-order valence-corrected chi connectivity index (χ1v) is 7.42. The lowest BCUT2D eigenvalue weighted by Crippen LogP contribution is -1.98. The Bertz CT molecular complexity index is 846. The minimum Gasteiger partial charge on any atom is -0.497 e. The highest BCUT2D eigenvalue weighted by Crippen LogP contribution is 2.32. The van der Waals surface area contributed by atoms with E-state index in [2.05, 4.69) is 5.32 Å². The van der Waals surface area contributed by atoms with E-state index < -0.39 is 4.92 Å². The quantitative estimate of drug-likeness (QED) is 0.530. The van der Waals surface area contributed by atoms with E-state index >= 15 is 0 Å². The molecule has 5 heteroatoms. The van der Waals surface area contributed by atoms with Crippen LogP contribution in [0.2, 0.25) is 0 Å². The molecule has 0 saturated carbocycles. The van der Waals surface area contributed by atoms with Crippen LogP contribution < -0.4 is 10.1 Å². The summed E-state index contributed by atoms with van der Waals surface area (Å²) >= 11 is 0. The summed E-state index contributed by atoms with van der Waals surface area (Å²) in [6.07, 6.45) is 0. The largest absolute Gasteiger partial charge is 0.497 e. The van der Waals surface area contributed by atoms with E-state index in [0.717, 1.165) is 16.8 Å². The summed E-state index contributed by atoms with van der Waals surface area (Å²) in [5.74, 6) is 0.559. The maximum atomic E-state index is 11.2. The molecule has 3 rings (SSSR count). The number of rotatable bonds is 5. The number of hydrogen-bond donors (Lipinski definition) is 1. The van der Waals surface area contributed by atoms with Crippen LogP contribution in [-0.4, -0.2) is 12.0 Å². The summed E-state index contributed by atoms with van der Waals surface area (Å²) in [5, 5.41) is 14.3. The topological polar surface area (TPSA) is 64.4 Å². The number of methoxy groups -OCH3 is 1. The molecule has 0 aromatic heterocycles. The van der Waals surface area contributed by atoms with Crippen molar-refractivity contribution < 1.29 is 9.66 Å². The fraction of sp³-hybridized carbons (Fsp3) is 0.0526. The molecule has 1 N–H and O–H groups in total. The maximum Gasteiger partial charge on any atom is 0.292 e. The second-order valence-corrected chi connectivity index (χ2v) is 5.21. The van der Waals surface area contributed by atoms with Gasteiger partial charge < -0.3 is 10.1 Å². The number of ether oxygens (including phenoxy) is 1. The van der Waals surface area contributed by atoms with Crippen LogP contribution in [0.4, 0.5) is 17.1 Å². The molecule has 0 atom stereocenters. The van der Waals surface area contributed by atoms with E-state index in [0.29, 0.717) is 11.4 Å². The zero-order chi connectivity index (χ0) is 16.9. The first-order valence-electron chi connectivity index (χ1n) is 7.42. The van der Waals surface area contributed by atoms with Crippen LogP contribution in [-0.2, 0) is 0 Å². The molecule has 0 unspecified atom stereocenters. The minimum atomic E-state index is -0.417. The fourth-order valence-corrected chi connectivity index (χ4v) is 2.43. The smallest absolute Gasteiger partial charge is 0.292 e. The van der Waals surface area contributed by atoms with Gasteiger partial charge in [-0.05, 0) is 29.3 Å². The van der Waals surface area contributed by atoms with Crippen molar-refractivity contribution in [3.8, 4) is 16.9 Å². The lowest BCUT2D eigenvalue weighted by atomic mass is 10.1. The van der Waals surface area contributed by atoms with Gasteiger partial charge in [0.05, 0.1) is 12.0 Å². The van der Waals surface area contributed by atoms with E-state index in [1.54, 1.807) is 12.1 Å². The fourth-order valence-electron chi connectivity index (χ4n) is 2.43. The average Bonchev–Trinajstić information content (AvgIpc) is 2.63. The maximum absolute atomic E-state index is 11.2. The molecule has 0 aliphatic heterocycles. The highest BCUT2D eigenvalue weighted by atomic mass is 16.6. The SMILES string of the molecule is COc1ccc([N+](=O)[O-])c(Nc2ccc(-c3ccccc3)cc2)c1. The van der Waals surface area contributed by atoms with Crippen molar-refractivity contribution >= 4 is 17.1 Å². The third-order valence-electron chi connectivity index (χ3n) is 3.67.